The van der Waals surface area contributed by atoms with Crippen LogP contribution in [-0.4, -0.2) is 44.7 Å². The number of carbonyl (C=O) groups excluding carboxylic acids is 1. The number of rotatable bonds is 4. The van der Waals surface area contributed by atoms with Gasteiger partial charge in [0.2, 0.25) is 5.91 Å². The van der Waals surface area contributed by atoms with Crippen molar-refractivity contribution in [3.05, 3.63) is 24.3 Å². The van der Waals surface area contributed by atoms with Crippen LogP contribution in [0.4, 0.5) is 5.69 Å². The van der Waals surface area contributed by atoms with Crippen molar-refractivity contribution < 1.29 is 9.53 Å². The van der Waals surface area contributed by atoms with Crippen LogP contribution in [0.25, 0.3) is 0 Å². The third kappa shape index (κ3) is 3.22. The van der Waals surface area contributed by atoms with Crippen LogP contribution in [0.1, 0.15) is 12.8 Å². The Morgan fingerprint density at radius 1 is 1.20 bits per heavy atom. The lowest BCUT2D eigenvalue weighted by atomic mass is 10.2. The van der Waals surface area contributed by atoms with Crippen LogP contribution in [0, 0.1) is 0 Å². The van der Waals surface area contributed by atoms with E-state index in [1.165, 1.54) is 5.69 Å². The molecule has 3 rings (SSSR count). The van der Waals surface area contributed by atoms with Crippen LogP contribution >= 0.6 is 0 Å². The highest BCUT2D eigenvalue weighted by Crippen LogP contribution is 2.20. The van der Waals surface area contributed by atoms with E-state index in [9.17, 15) is 4.79 Å². The number of hydrogen-bond acceptors (Lipinski definition) is 4. The summed E-state index contributed by atoms with van der Waals surface area (Å²) in [5.41, 5.74) is 1.24. The fourth-order valence-corrected chi connectivity index (χ4v) is 2.68. The first-order valence-corrected chi connectivity index (χ1v) is 7.29. The highest BCUT2D eigenvalue weighted by molar-refractivity contribution is 5.78. The molecule has 1 atom stereocenters. The summed E-state index contributed by atoms with van der Waals surface area (Å²) in [5, 5.41) is 6.26. The van der Waals surface area contributed by atoms with Crippen molar-refractivity contribution in [1.82, 2.24) is 10.6 Å². The predicted octanol–water partition coefficient (Wildman–Crippen LogP) is 0.754. The van der Waals surface area contributed by atoms with E-state index in [1.807, 2.05) is 12.1 Å². The Morgan fingerprint density at radius 3 is 2.60 bits per heavy atom. The minimum atomic E-state index is 0.132. The summed E-state index contributed by atoms with van der Waals surface area (Å²) in [4.78, 5) is 13.5. The van der Waals surface area contributed by atoms with Gasteiger partial charge in [0, 0.05) is 38.3 Å². The Balaban J connectivity index is 1.52. The second-order valence-corrected chi connectivity index (χ2v) is 5.35. The Bertz CT molecular complexity index is 455. The van der Waals surface area contributed by atoms with Gasteiger partial charge in [-0.25, -0.2) is 0 Å². The van der Waals surface area contributed by atoms with Gasteiger partial charge < -0.3 is 20.3 Å². The summed E-state index contributed by atoms with van der Waals surface area (Å²) in [5.74, 6) is 0.998. The molecular weight excluding hydrogens is 254 g/mol. The van der Waals surface area contributed by atoms with Gasteiger partial charge in [0.25, 0.3) is 0 Å². The molecule has 0 spiro atoms. The molecule has 0 bridgehead atoms. The molecule has 1 aromatic carbocycles. The highest BCUT2D eigenvalue weighted by atomic mass is 16.5. The number of nitrogens with zero attached hydrogens (tertiary/aromatic N) is 1. The molecule has 0 aliphatic carbocycles. The van der Waals surface area contributed by atoms with Crippen molar-refractivity contribution in [1.29, 1.82) is 0 Å². The quantitative estimate of drug-likeness (QED) is 0.851. The van der Waals surface area contributed by atoms with Crippen LogP contribution in [0.15, 0.2) is 24.3 Å². The van der Waals surface area contributed by atoms with E-state index in [1.54, 1.807) is 0 Å². The number of piperazine rings is 1. The lowest BCUT2D eigenvalue weighted by Crippen LogP contribution is -2.43. The zero-order valence-corrected chi connectivity index (χ0v) is 11.6. The maximum absolute atomic E-state index is 11.1. The number of amides is 1. The second kappa shape index (κ2) is 6.13. The first kappa shape index (κ1) is 13.2. The molecule has 2 fully saturated rings. The summed E-state index contributed by atoms with van der Waals surface area (Å²) in [6, 6.07) is 8.39. The lowest BCUT2D eigenvalue weighted by Gasteiger charge is -2.29. The largest absolute Gasteiger partial charge is 0.491 e. The second-order valence-electron chi connectivity index (χ2n) is 5.35. The molecule has 2 aliphatic rings. The van der Waals surface area contributed by atoms with Crippen molar-refractivity contribution in [2.45, 2.75) is 18.9 Å². The molecule has 20 heavy (non-hydrogen) atoms. The fourth-order valence-electron chi connectivity index (χ4n) is 2.68. The standard InChI is InChI=1S/C15H21N3O2/c19-15-6-1-12(17-15)11-20-14-4-2-13(3-5-14)18-9-7-16-8-10-18/h2-5,12,16H,1,6-11H2,(H,17,19). The van der Waals surface area contributed by atoms with Gasteiger partial charge in [0.05, 0.1) is 6.04 Å². The number of benzene rings is 1. The molecule has 108 valence electrons. The molecule has 2 N–H and O–H groups in total. The van der Waals surface area contributed by atoms with Crippen LogP contribution in [0.5, 0.6) is 5.75 Å². The minimum Gasteiger partial charge on any atom is -0.491 e. The molecular formula is C15H21N3O2. The Kier molecular flexibility index (Phi) is 4.06. The molecule has 0 aromatic heterocycles. The summed E-state index contributed by atoms with van der Waals surface area (Å²) >= 11 is 0. The summed E-state index contributed by atoms with van der Waals surface area (Å²) in [6.45, 7) is 4.74. The molecule has 2 aliphatic heterocycles. The average molecular weight is 275 g/mol. The van der Waals surface area contributed by atoms with Crippen LogP contribution in [-0.2, 0) is 4.79 Å². The number of hydrogen-bond donors (Lipinski definition) is 2. The normalized spacial score (nSPS) is 22.7. The average Bonchev–Trinajstić information content (AvgIpc) is 2.92. The van der Waals surface area contributed by atoms with Gasteiger partial charge in [-0.15, -0.1) is 0 Å². The zero-order chi connectivity index (χ0) is 13.8. The summed E-state index contributed by atoms with van der Waals surface area (Å²) < 4.78 is 5.73. The number of ether oxygens (including phenoxy) is 1. The van der Waals surface area contributed by atoms with Gasteiger partial charge in [-0.1, -0.05) is 0 Å². The maximum Gasteiger partial charge on any atom is 0.220 e. The van der Waals surface area contributed by atoms with Crippen LogP contribution < -0.4 is 20.3 Å². The van der Waals surface area contributed by atoms with E-state index in [4.69, 9.17) is 4.74 Å². The Labute approximate surface area is 119 Å². The van der Waals surface area contributed by atoms with Crippen LogP contribution in [0.3, 0.4) is 0 Å². The smallest absolute Gasteiger partial charge is 0.220 e. The van der Waals surface area contributed by atoms with E-state index in [-0.39, 0.29) is 11.9 Å². The molecule has 1 unspecified atom stereocenters. The predicted molar refractivity (Wildman–Crippen MR) is 78.2 cm³/mol. The minimum absolute atomic E-state index is 0.132. The van der Waals surface area contributed by atoms with E-state index in [0.717, 1.165) is 38.3 Å². The third-order valence-electron chi connectivity index (χ3n) is 3.86. The maximum atomic E-state index is 11.1. The molecule has 2 saturated heterocycles. The van der Waals surface area contributed by atoms with Crippen molar-refractivity contribution in [3.8, 4) is 5.75 Å². The van der Waals surface area contributed by atoms with Gasteiger partial charge in [-0.2, -0.15) is 0 Å². The number of carbonyl (C=O) groups is 1. The van der Waals surface area contributed by atoms with E-state index >= 15 is 0 Å². The monoisotopic (exact) mass is 275 g/mol. The summed E-state index contributed by atoms with van der Waals surface area (Å²) in [6.07, 6.45) is 1.49. The lowest BCUT2D eigenvalue weighted by molar-refractivity contribution is -0.119. The molecule has 1 amide bonds. The number of nitrogens with one attached hydrogen (secondary N) is 2. The zero-order valence-electron chi connectivity index (χ0n) is 11.6. The number of anilines is 1. The van der Waals surface area contributed by atoms with E-state index < -0.39 is 0 Å². The first-order valence-electron chi connectivity index (χ1n) is 7.29. The highest BCUT2D eigenvalue weighted by Gasteiger charge is 2.21. The van der Waals surface area contributed by atoms with Crippen molar-refractivity contribution >= 4 is 11.6 Å². The molecule has 0 saturated carbocycles. The van der Waals surface area contributed by atoms with Gasteiger partial charge in [-0.05, 0) is 30.7 Å². The van der Waals surface area contributed by atoms with Gasteiger partial charge >= 0.3 is 0 Å². The van der Waals surface area contributed by atoms with Crippen molar-refractivity contribution in [3.63, 3.8) is 0 Å². The van der Waals surface area contributed by atoms with Gasteiger partial charge in [0.1, 0.15) is 12.4 Å². The summed E-state index contributed by atoms with van der Waals surface area (Å²) in [7, 11) is 0. The first-order chi connectivity index (χ1) is 9.81. The molecule has 0 radical (unpaired) electrons. The van der Waals surface area contributed by atoms with E-state index in [2.05, 4.69) is 27.7 Å². The molecule has 5 nitrogen and oxygen atoms in total. The SMILES string of the molecule is O=C1CCC(COc2ccc(N3CCNCC3)cc2)N1. The van der Waals surface area contributed by atoms with Gasteiger partial charge in [-0.3, -0.25) is 4.79 Å². The third-order valence-corrected chi connectivity index (χ3v) is 3.86. The Morgan fingerprint density at radius 2 is 1.95 bits per heavy atom. The molecule has 5 heteroatoms. The van der Waals surface area contributed by atoms with Crippen molar-refractivity contribution in [2.24, 2.45) is 0 Å². The topological polar surface area (TPSA) is 53.6 Å². The van der Waals surface area contributed by atoms with Crippen LogP contribution in [0.2, 0.25) is 0 Å². The van der Waals surface area contributed by atoms with Gasteiger partial charge in [0.15, 0.2) is 0 Å². The Hall–Kier alpha value is -1.75. The molecule has 2 heterocycles. The van der Waals surface area contributed by atoms with E-state index in [0.29, 0.717) is 13.0 Å². The molecule has 1 aromatic rings. The van der Waals surface area contributed by atoms with Crippen molar-refractivity contribution in [2.75, 3.05) is 37.7 Å². The fraction of sp³-hybridized carbons (Fsp3) is 0.533.